The molecule has 32 heavy (non-hydrogen) atoms. The van der Waals surface area contributed by atoms with Crippen LogP contribution in [0.2, 0.25) is 0 Å². The molecule has 9 nitrogen and oxygen atoms in total. The van der Waals surface area contributed by atoms with Crippen molar-refractivity contribution >= 4 is 11.3 Å². The van der Waals surface area contributed by atoms with E-state index in [1.54, 1.807) is 30.5 Å². The molecule has 0 amide bonds. The Labute approximate surface area is 179 Å². The normalized spacial score (nSPS) is 17.7. The summed E-state index contributed by atoms with van der Waals surface area (Å²) in [5, 5.41) is 4.33. The van der Waals surface area contributed by atoms with Gasteiger partial charge in [-0.05, 0) is 25.1 Å². The minimum Gasteiger partial charge on any atom is -0.482 e. The molecule has 1 atom stereocenters. The molecule has 1 aliphatic heterocycles. The second-order valence-electron chi connectivity index (χ2n) is 7.66. The lowest BCUT2D eigenvalue weighted by atomic mass is 10.2. The number of fused-ring (bicyclic) bond motifs is 1. The van der Waals surface area contributed by atoms with Crippen molar-refractivity contribution in [3.63, 3.8) is 0 Å². The maximum Gasteiger partial charge on any atom is 0.325 e. The Balaban J connectivity index is 1.52. The first-order valence-electron chi connectivity index (χ1n) is 9.83. The fraction of sp³-hybridized carbons (Fsp3) is 0.238. The molecule has 0 radical (unpaired) electrons. The van der Waals surface area contributed by atoms with E-state index in [1.165, 1.54) is 27.9 Å². The number of imidazole rings is 1. The molecule has 11 heteroatoms. The van der Waals surface area contributed by atoms with E-state index in [-0.39, 0.29) is 17.8 Å². The lowest BCUT2D eigenvalue weighted by Gasteiger charge is -2.19. The van der Waals surface area contributed by atoms with Gasteiger partial charge >= 0.3 is 11.6 Å². The topological polar surface area (TPSA) is 108 Å². The quantitative estimate of drug-likeness (QED) is 0.503. The zero-order valence-corrected chi connectivity index (χ0v) is 16.9. The fourth-order valence-electron chi connectivity index (χ4n) is 3.71. The molecule has 2 N–H and O–H groups in total. The van der Waals surface area contributed by atoms with Crippen LogP contribution in [0.1, 0.15) is 5.56 Å². The first-order valence-corrected chi connectivity index (χ1v) is 9.83. The molecule has 0 spiro atoms. The van der Waals surface area contributed by atoms with E-state index in [0.717, 1.165) is 5.56 Å². The van der Waals surface area contributed by atoms with Crippen LogP contribution >= 0.6 is 0 Å². The molecule has 164 valence electrons. The predicted octanol–water partition coefficient (Wildman–Crippen LogP) is 1.98. The molecule has 4 aromatic rings. The third-order valence-corrected chi connectivity index (χ3v) is 5.33. The average molecular weight is 440 g/mol. The van der Waals surface area contributed by atoms with Crippen molar-refractivity contribution < 1.29 is 13.5 Å². The summed E-state index contributed by atoms with van der Waals surface area (Å²) in [6.07, 6.45) is 2.91. The van der Waals surface area contributed by atoms with Crippen molar-refractivity contribution in [1.82, 2.24) is 24.6 Å². The van der Waals surface area contributed by atoms with Crippen LogP contribution < -0.4 is 20.9 Å². The van der Waals surface area contributed by atoms with Crippen LogP contribution in [-0.4, -0.2) is 49.7 Å². The maximum absolute atomic E-state index is 14.9. The standard InChI is InChI=1S/C21H18F2N6O3/c1-12-2-4-13(5-3-12)32-17-10-28(11-21(17,22)23)16-8-15(27-29-7-6-24-18(16)29)14-9-25-20(31)26-19(14)30/h2-9,17H,10-11H2,1H3,(H2,25,26,30,31)/t17-/m0/s1. The number of alkyl halides is 2. The van der Waals surface area contributed by atoms with Crippen LogP contribution in [0.5, 0.6) is 5.75 Å². The summed E-state index contributed by atoms with van der Waals surface area (Å²) in [4.78, 5) is 33.8. The number of ether oxygens (including phenoxy) is 1. The molecule has 0 aliphatic carbocycles. The van der Waals surface area contributed by atoms with E-state index >= 15 is 0 Å². The highest BCUT2D eigenvalue weighted by atomic mass is 19.3. The summed E-state index contributed by atoms with van der Waals surface area (Å²) in [6.45, 7) is 1.23. The molecular weight excluding hydrogens is 422 g/mol. The zero-order valence-electron chi connectivity index (χ0n) is 16.9. The van der Waals surface area contributed by atoms with E-state index in [0.29, 0.717) is 17.1 Å². The van der Waals surface area contributed by atoms with Gasteiger partial charge in [0.2, 0.25) is 0 Å². The number of rotatable bonds is 4. The van der Waals surface area contributed by atoms with E-state index in [1.807, 2.05) is 6.92 Å². The second-order valence-corrected chi connectivity index (χ2v) is 7.66. The minimum absolute atomic E-state index is 0.0885. The van der Waals surface area contributed by atoms with Gasteiger partial charge < -0.3 is 14.6 Å². The van der Waals surface area contributed by atoms with Crippen molar-refractivity contribution in [3.8, 4) is 17.0 Å². The van der Waals surface area contributed by atoms with Crippen LogP contribution in [0.25, 0.3) is 16.9 Å². The van der Waals surface area contributed by atoms with Gasteiger partial charge in [-0.1, -0.05) is 17.7 Å². The van der Waals surface area contributed by atoms with Gasteiger partial charge in [0, 0.05) is 18.6 Å². The largest absolute Gasteiger partial charge is 0.482 e. The lowest BCUT2D eigenvalue weighted by Crippen LogP contribution is -2.36. The van der Waals surface area contributed by atoms with E-state index in [2.05, 4.69) is 20.1 Å². The number of nitrogens with one attached hydrogen (secondary N) is 2. The highest BCUT2D eigenvalue weighted by Crippen LogP contribution is 2.36. The number of aromatic amines is 2. The molecule has 0 bridgehead atoms. The number of halogens is 2. The Kier molecular flexibility index (Phi) is 4.54. The summed E-state index contributed by atoms with van der Waals surface area (Å²) in [5.74, 6) is -2.75. The van der Waals surface area contributed by atoms with E-state index < -0.39 is 29.8 Å². The Morgan fingerprint density at radius 3 is 2.75 bits per heavy atom. The highest BCUT2D eigenvalue weighted by Gasteiger charge is 2.50. The zero-order chi connectivity index (χ0) is 22.5. The summed E-state index contributed by atoms with van der Waals surface area (Å²) in [5.41, 5.74) is 0.744. The number of hydrogen-bond acceptors (Lipinski definition) is 6. The summed E-state index contributed by atoms with van der Waals surface area (Å²) >= 11 is 0. The van der Waals surface area contributed by atoms with Gasteiger partial charge in [-0.25, -0.2) is 23.1 Å². The summed E-state index contributed by atoms with van der Waals surface area (Å²) < 4.78 is 36.7. The van der Waals surface area contributed by atoms with Crippen LogP contribution in [0.4, 0.5) is 14.5 Å². The van der Waals surface area contributed by atoms with Crippen LogP contribution in [0, 0.1) is 6.92 Å². The van der Waals surface area contributed by atoms with Crippen molar-refractivity contribution in [2.24, 2.45) is 0 Å². The van der Waals surface area contributed by atoms with Crippen molar-refractivity contribution in [2.75, 3.05) is 18.0 Å². The Hall–Kier alpha value is -4.02. The third kappa shape index (κ3) is 3.51. The van der Waals surface area contributed by atoms with Crippen LogP contribution in [-0.2, 0) is 0 Å². The number of aromatic nitrogens is 5. The Morgan fingerprint density at radius 2 is 2.00 bits per heavy atom. The average Bonchev–Trinajstić information content (AvgIpc) is 3.33. The third-order valence-electron chi connectivity index (χ3n) is 5.33. The second kappa shape index (κ2) is 7.29. The first kappa shape index (κ1) is 19.9. The summed E-state index contributed by atoms with van der Waals surface area (Å²) in [6, 6.07) is 8.42. The van der Waals surface area contributed by atoms with Crippen molar-refractivity contribution in [1.29, 1.82) is 0 Å². The van der Waals surface area contributed by atoms with Gasteiger partial charge in [0.15, 0.2) is 11.8 Å². The van der Waals surface area contributed by atoms with E-state index in [4.69, 9.17) is 4.74 Å². The maximum atomic E-state index is 14.9. The number of nitrogens with zero attached hydrogens (tertiary/aromatic N) is 4. The van der Waals surface area contributed by atoms with Crippen molar-refractivity contribution in [2.45, 2.75) is 19.0 Å². The molecule has 1 aliphatic rings. The molecule has 4 heterocycles. The molecule has 3 aromatic heterocycles. The number of hydrogen-bond donors (Lipinski definition) is 2. The van der Waals surface area contributed by atoms with Gasteiger partial charge in [-0.3, -0.25) is 9.78 Å². The molecule has 1 fully saturated rings. The molecule has 1 aromatic carbocycles. The van der Waals surface area contributed by atoms with Crippen LogP contribution in [0.15, 0.2) is 58.5 Å². The number of H-pyrrole nitrogens is 2. The Morgan fingerprint density at radius 1 is 1.22 bits per heavy atom. The van der Waals surface area contributed by atoms with Gasteiger partial charge in [0.05, 0.1) is 24.3 Å². The number of benzene rings is 1. The monoisotopic (exact) mass is 440 g/mol. The molecular formula is C21H18F2N6O3. The smallest absolute Gasteiger partial charge is 0.325 e. The number of aryl methyl sites for hydroxylation is 1. The van der Waals surface area contributed by atoms with Gasteiger partial charge in [-0.2, -0.15) is 5.10 Å². The Bertz CT molecular complexity index is 1410. The van der Waals surface area contributed by atoms with Gasteiger partial charge in [0.1, 0.15) is 11.4 Å². The van der Waals surface area contributed by atoms with Gasteiger partial charge in [0.25, 0.3) is 5.56 Å². The lowest BCUT2D eigenvalue weighted by molar-refractivity contribution is -0.0594. The molecule has 0 saturated carbocycles. The first-order chi connectivity index (χ1) is 15.3. The molecule has 1 saturated heterocycles. The molecule has 0 unspecified atom stereocenters. The van der Waals surface area contributed by atoms with Crippen LogP contribution in [0.3, 0.4) is 0 Å². The van der Waals surface area contributed by atoms with E-state index in [9.17, 15) is 18.4 Å². The van der Waals surface area contributed by atoms with Crippen molar-refractivity contribution in [3.05, 3.63) is 75.3 Å². The number of anilines is 1. The SMILES string of the molecule is Cc1ccc(O[C@H]2CN(c3cc(-c4c[nH]c(=O)[nH]c4=O)nn4ccnc34)CC2(F)F)cc1. The predicted molar refractivity (Wildman–Crippen MR) is 112 cm³/mol. The summed E-state index contributed by atoms with van der Waals surface area (Å²) in [7, 11) is 0. The fourth-order valence-corrected chi connectivity index (χ4v) is 3.71. The minimum atomic E-state index is -3.12. The van der Waals surface area contributed by atoms with Gasteiger partial charge in [-0.15, -0.1) is 0 Å². The highest BCUT2D eigenvalue weighted by molar-refractivity contribution is 5.74. The molecule has 5 rings (SSSR count).